The number of hydrogen-bond donors (Lipinski definition) is 1. The number of methoxy groups -OCH3 is 2. The summed E-state index contributed by atoms with van der Waals surface area (Å²) in [6.07, 6.45) is 2.52. The van der Waals surface area contributed by atoms with Crippen LogP contribution in [0.1, 0.15) is 26.2 Å². The summed E-state index contributed by atoms with van der Waals surface area (Å²) in [6, 6.07) is 9.51. The van der Waals surface area contributed by atoms with Crippen LogP contribution in [0, 0.1) is 0 Å². The van der Waals surface area contributed by atoms with E-state index in [1.54, 1.807) is 4.90 Å². The molecule has 9 nitrogen and oxygen atoms in total. The molecule has 28 heavy (non-hydrogen) atoms. The van der Waals surface area contributed by atoms with Crippen LogP contribution < -0.4 is 10.2 Å². The van der Waals surface area contributed by atoms with Gasteiger partial charge in [0.2, 0.25) is 0 Å². The van der Waals surface area contributed by atoms with E-state index in [4.69, 9.17) is 27.8 Å². The van der Waals surface area contributed by atoms with E-state index >= 15 is 0 Å². The van der Waals surface area contributed by atoms with Crippen molar-refractivity contribution >= 4 is 21.2 Å². The molecule has 159 valence electrons. The SMILES string of the molecule is CCN(C(=O)NCCCCCOO[Si](OCOC)OCOC)c1ccccc1. The molecule has 1 N–H and O–H groups in total. The van der Waals surface area contributed by atoms with E-state index in [-0.39, 0.29) is 19.6 Å². The Balaban J connectivity index is 2.11. The summed E-state index contributed by atoms with van der Waals surface area (Å²) in [5.74, 6) is 0. The third kappa shape index (κ3) is 10.7. The molecular weight excluding hydrogens is 384 g/mol. The van der Waals surface area contributed by atoms with Gasteiger partial charge in [0.1, 0.15) is 13.6 Å². The fourth-order valence-corrected chi connectivity index (χ4v) is 2.99. The van der Waals surface area contributed by atoms with Crippen molar-refractivity contribution in [3.8, 4) is 0 Å². The van der Waals surface area contributed by atoms with Crippen molar-refractivity contribution in [2.75, 3.05) is 52.4 Å². The Labute approximate surface area is 168 Å². The number of rotatable bonds is 16. The molecule has 0 saturated heterocycles. The number of para-hydroxylation sites is 1. The lowest BCUT2D eigenvalue weighted by Gasteiger charge is -2.21. The number of urea groups is 1. The Hall–Kier alpha value is -1.53. The molecule has 0 atom stereocenters. The smallest absolute Gasteiger partial charge is 0.360 e. The minimum Gasteiger partial charge on any atom is -0.360 e. The van der Waals surface area contributed by atoms with E-state index in [0.717, 1.165) is 24.9 Å². The second-order valence-corrected chi connectivity index (χ2v) is 6.87. The van der Waals surface area contributed by atoms with Crippen LogP contribution in [0.15, 0.2) is 30.3 Å². The minimum absolute atomic E-state index is 0.0544. The van der Waals surface area contributed by atoms with Gasteiger partial charge in [0, 0.05) is 33.0 Å². The molecule has 0 saturated carbocycles. The first-order valence-electron chi connectivity index (χ1n) is 9.23. The molecule has 0 heterocycles. The lowest BCUT2D eigenvalue weighted by Crippen LogP contribution is -2.40. The van der Waals surface area contributed by atoms with Gasteiger partial charge < -0.3 is 23.6 Å². The summed E-state index contributed by atoms with van der Waals surface area (Å²) in [7, 11) is 0.967. The third-order valence-corrected chi connectivity index (χ3v) is 4.49. The number of nitrogens with zero attached hydrogens (tertiary/aromatic N) is 1. The number of ether oxygens (including phenoxy) is 2. The van der Waals surface area contributed by atoms with Gasteiger partial charge in [0.15, 0.2) is 0 Å². The Morgan fingerprint density at radius 1 is 1.04 bits per heavy atom. The molecule has 0 aliphatic carbocycles. The number of amides is 2. The number of hydrogen-bond acceptors (Lipinski definition) is 7. The van der Waals surface area contributed by atoms with Gasteiger partial charge in [0.25, 0.3) is 0 Å². The van der Waals surface area contributed by atoms with Crippen LogP contribution >= 0.6 is 0 Å². The fraction of sp³-hybridized carbons (Fsp3) is 0.611. The quantitative estimate of drug-likeness (QED) is 0.146. The van der Waals surface area contributed by atoms with Gasteiger partial charge in [-0.05, 0) is 38.3 Å². The maximum atomic E-state index is 12.3. The van der Waals surface area contributed by atoms with Crippen molar-refractivity contribution in [3.63, 3.8) is 0 Å². The molecule has 1 aromatic carbocycles. The monoisotopic (exact) mass is 415 g/mol. The van der Waals surface area contributed by atoms with Crippen molar-refractivity contribution in [3.05, 3.63) is 30.3 Å². The Bertz CT molecular complexity index is 502. The molecule has 0 aliphatic heterocycles. The molecule has 0 aliphatic rings. The van der Waals surface area contributed by atoms with Crippen LogP contribution in [0.25, 0.3) is 0 Å². The average Bonchev–Trinajstić information content (AvgIpc) is 2.72. The van der Waals surface area contributed by atoms with Gasteiger partial charge in [-0.2, -0.15) is 0 Å². The molecule has 0 fully saturated rings. The van der Waals surface area contributed by atoms with Gasteiger partial charge in [-0.15, -0.1) is 0 Å². The number of unbranched alkanes of at least 4 members (excludes halogenated alkanes) is 2. The summed E-state index contributed by atoms with van der Waals surface area (Å²) in [5.41, 5.74) is 0.886. The van der Waals surface area contributed by atoms with Gasteiger partial charge in [-0.3, -0.25) is 4.90 Å². The Morgan fingerprint density at radius 2 is 1.71 bits per heavy atom. The van der Waals surface area contributed by atoms with E-state index in [0.29, 0.717) is 19.7 Å². The zero-order valence-corrected chi connectivity index (χ0v) is 17.8. The van der Waals surface area contributed by atoms with Gasteiger partial charge >= 0.3 is 15.6 Å². The fourth-order valence-electron chi connectivity index (χ4n) is 2.20. The highest BCUT2D eigenvalue weighted by molar-refractivity contribution is 6.35. The van der Waals surface area contributed by atoms with Crippen molar-refractivity contribution in [1.29, 1.82) is 0 Å². The second kappa shape index (κ2) is 16.4. The third-order valence-electron chi connectivity index (χ3n) is 3.53. The Kier molecular flexibility index (Phi) is 14.4. The van der Waals surface area contributed by atoms with Crippen molar-refractivity contribution < 1.29 is 32.6 Å². The predicted octanol–water partition coefficient (Wildman–Crippen LogP) is 2.57. The minimum atomic E-state index is -2.05. The summed E-state index contributed by atoms with van der Waals surface area (Å²) in [5, 5.41) is 2.94. The summed E-state index contributed by atoms with van der Waals surface area (Å²) in [6.45, 7) is 3.68. The van der Waals surface area contributed by atoms with Crippen LogP contribution in [0.5, 0.6) is 0 Å². The standard InChI is InChI=1S/C18H31N2O7Si/c1-4-20(17-11-7-5-8-12-17)18(21)19-13-9-6-10-14-24-27-28(25-15-22-2)26-16-23-3/h5,7-8,11-12H,4,6,9-10,13-16H2,1-3H3,(H,19,21). The summed E-state index contributed by atoms with van der Waals surface area (Å²) in [4.78, 5) is 19.1. The highest BCUT2D eigenvalue weighted by atomic mass is 28.3. The number of benzene rings is 1. The molecule has 0 aromatic heterocycles. The molecule has 1 rings (SSSR count). The summed E-state index contributed by atoms with van der Waals surface area (Å²) < 4.78 is 25.1. The molecule has 1 aromatic rings. The second-order valence-electron chi connectivity index (χ2n) is 5.63. The molecule has 1 radical (unpaired) electrons. The average molecular weight is 416 g/mol. The number of nitrogens with one attached hydrogen (secondary N) is 1. The van der Waals surface area contributed by atoms with Crippen molar-refractivity contribution in [2.24, 2.45) is 0 Å². The molecule has 0 spiro atoms. The Morgan fingerprint density at radius 3 is 2.32 bits per heavy atom. The van der Waals surface area contributed by atoms with Crippen LogP contribution in [0.3, 0.4) is 0 Å². The molecule has 2 amide bonds. The zero-order valence-electron chi connectivity index (χ0n) is 16.8. The van der Waals surface area contributed by atoms with E-state index in [1.807, 2.05) is 37.3 Å². The number of carbonyl (C=O) groups excluding carboxylic acids is 1. The number of anilines is 1. The van der Waals surface area contributed by atoms with Gasteiger partial charge in [0.05, 0.1) is 6.61 Å². The van der Waals surface area contributed by atoms with E-state index in [9.17, 15) is 4.79 Å². The first kappa shape index (κ1) is 24.5. The molecular formula is C18H31N2O7Si. The van der Waals surface area contributed by atoms with Crippen LogP contribution in [0.2, 0.25) is 0 Å². The number of carbonyl (C=O) groups is 1. The van der Waals surface area contributed by atoms with Crippen LogP contribution in [-0.4, -0.2) is 63.1 Å². The highest BCUT2D eigenvalue weighted by Crippen LogP contribution is 2.12. The van der Waals surface area contributed by atoms with Crippen LogP contribution in [0.4, 0.5) is 10.5 Å². The van der Waals surface area contributed by atoms with Crippen molar-refractivity contribution in [2.45, 2.75) is 26.2 Å². The predicted molar refractivity (Wildman–Crippen MR) is 105 cm³/mol. The van der Waals surface area contributed by atoms with E-state index in [1.165, 1.54) is 14.2 Å². The zero-order chi connectivity index (χ0) is 20.5. The van der Waals surface area contributed by atoms with E-state index < -0.39 is 9.53 Å². The molecule has 0 unspecified atom stereocenters. The lowest BCUT2D eigenvalue weighted by atomic mass is 10.2. The van der Waals surface area contributed by atoms with Gasteiger partial charge in [-0.1, -0.05) is 18.2 Å². The maximum absolute atomic E-state index is 12.3. The normalized spacial score (nSPS) is 11.0. The lowest BCUT2D eigenvalue weighted by molar-refractivity contribution is -0.249. The molecule has 10 heteroatoms. The van der Waals surface area contributed by atoms with E-state index in [2.05, 4.69) is 5.32 Å². The largest absolute Gasteiger partial charge is 0.610 e. The molecule has 0 bridgehead atoms. The van der Waals surface area contributed by atoms with Crippen molar-refractivity contribution in [1.82, 2.24) is 5.32 Å². The van der Waals surface area contributed by atoms with Gasteiger partial charge in [-0.25, -0.2) is 14.3 Å². The van der Waals surface area contributed by atoms with Crippen LogP contribution in [-0.2, 0) is 27.8 Å². The topological polar surface area (TPSA) is 87.7 Å². The maximum Gasteiger partial charge on any atom is 0.610 e. The first-order valence-corrected chi connectivity index (χ1v) is 10.5. The summed E-state index contributed by atoms with van der Waals surface area (Å²) >= 11 is 0. The first-order chi connectivity index (χ1) is 13.7. The highest BCUT2D eigenvalue weighted by Gasteiger charge is 2.21.